The number of hydrogen-bond donors (Lipinski definition) is 1. The minimum absolute atomic E-state index is 0.0142. The monoisotopic (exact) mass is 296 g/mol. The predicted molar refractivity (Wildman–Crippen MR) is 75.5 cm³/mol. The predicted octanol–water partition coefficient (Wildman–Crippen LogP) is 0.198. The molecule has 20 heavy (non-hydrogen) atoms. The van der Waals surface area contributed by atoms with E-state index >= 15 is 0 Å². The smallest absolute Gasteiger partial charge is 0.253 e. The standard InChI is InChI=1S/C13H16N2O4S/c1-20(18,19)8-4-7-15-11-6-3-2-5-10(11)13(17)14-9-12(15)16/h2-3,5-6H,4,7-9H2,1H3,(H,14,17). The molecule has 1 N–H and O–H groups in total. The summed E-state index contributed by atoms with van der Waals surface area (Å²) < 4.78 is 22.3. The first-order chi connectivity index (χ1) is 9.38. The van der Waals surface area contributed by atoms with Gasteiger partial charge in [0.15, 0.2) is 0 Å². The minimum atomic E-state index is -3.06. The Labute approximate surface area is 117 Å². The molecule has 0 aromatic heterocycles. The highest BCUT2D eigenvalue weighted by Gasteiger charge is 2.25. The molecule has 1 aromatic rings. The van der Waals surface area contributed by atoms with E-state index in [-0.39, 0.29) is 30.7 Å². The second-order valence-electron chi connectivity index (χ2n) is 4.73. The number of nitrogens with one attached hydrogen (secondary N) is 1. The van der Waals surface area contributed by atoms with Crippen LogP contribution in [0.25, 0.3) is 0 Å². The summed E-state index contributed by atoms with van der Waals surface area (Å²) in [6.45, 7) is 0.199. The van der Waals surface area contributed by atoms with E-state index in [2.05, 4.69) is 5.32 Å². The van der Waals surface area contributed by atoms with E-state index in [1.165, 1.54) is 4.90 Å². The second-order valence-corrected chi connectivity index (χ2v) is 6.99. The molecule has 1 aliphatic rings. The number of carbonyl (C=O) groups excluding carboxylic acids is 2. The fourth-order valence-electron chi connectivity index (χ4n) is 2.11. The van der Waals surface area contributed by atoms with Gasteiger partial charge in [-0.1, -0.05) is 12.1 Å². The van der Waals surface area contributed by atoms with Gasteiger partial charge in [-0.25, -0.2) is 8.42 Å². The Kier molecular flexibility index (Phi) is 4.08. The van der Waals surface area contributed by atoms with Crippen molar-refractivity contribution in [1.29, 1.82) is 0 Å². The number of para-hydroxylation sites is 1. The van der Waals surface area contributed by atoms with Gasteiger partial charge in [-0.05, 0) is 18.6 Å². The Bertz CT molecular complexity index is 640. The molecule has 0 saturated heterocycles. The van der Waals surface area contributed by atoms with Crippen LogP contribution in [-0.2, 0) is 14.6 Å². The Balaban J connectivity index is 2.23. The van der Waals surface area contributed by atoms with Crippen molar-refractivity contribution in [3.63, 3.8) is 0 Å². The van der Waals surface area contributed by atoms with Crippen LogP contribution in [0.4, 0.5) is 5.69 Å². The lowest BCUT2D eigenvalue weighted by Gasteiger charge is -2.21. The van der Waals surface area contributed by atoms with Gasteiger partial charge < -0.3 is 10.2 Å². The van der Waals surface area contributed by atoms with E-state index in [1.807, 2.05) is 0 Å². The summed E-state index contributed by atoms with van der Waals surface area (Å²) >= 11 is 0. The van der Waals surface area contributed by atoms with Gasteiger partial charge in [0.25, 0.3) is 5.91 Å². The maximum atomic E-state index is 12.0. The summed E-state index contributed by atoms with van der Waals surface area (Å²) in [6, 6.07) is 6.81. The summed E-state index contributed by atoms with van der Waals surface area (Å²) in [5, 5.41) is 2.54. The van der Waals surface area contributed by atoms with E-state index in [4.69, 9.17) is 0 Å². The number of sulfone groups is 1. The van der Waals surface area contributed by atoms with Crippen molar-refractivity contribution in [3.05, 3.63) is 29.8 Å². The van der Waals surface area contributed by atoms with Crippen LogP contribution in [0.3, 0.4) is 0 Å². The summed E-state index contributed by atoms with van der Waals surface area (Å²) in [4.78, 5) is 25.4. The molecular formula is C13H16N2O4S. The average Bonchev–Trinajstić information content (AvgIpc) is 2.50. The second kappa shape index (κ2) is 5.62. The average molecular weight is 296 g/mol. The van der Waals surface area contributed by atoms with Crippen molar-refractivity contribution in [3.8, 4) is 0 Å². The van der Waals surface area contributed by atoms with Gasteiger partial charge in [0.1, 0.15) is 9.84 Å². The molecule has 0 atom stereocenters. The number of anilines is 1. The number of carbonyl (C=O) groups is 2. The molecular weight excluding hydrogens is 280 g/mol. The van der Waals surface area contributed by atoms with Gasteiger partial charge in [-0.15, -0.1) is 0 Å². The Morgan fingerprint density at radius 1 is 1.25 bits per heavy atom. The van der Waals surface area contributed by atoms with Gasteiger partial charge in [-0.3, -0.25) is 9.59 Å². The first-order valence-corrected chi connectivity index (χ1v) is 8.30. The number of amides is 2. The van der Waals surface area contributed by atoms with Gasteiger partial charge in [-0.2, -0.15) is 0 Å². The van der Waals surface area contributed by atoms with E-state index in [0.29, 0.717) is 17.7 Å². The molecule has 0 fully saturated rings. The molecule has 0 aliphatic carbocycles. The van der Waals surface area contributed by atoms with Crippen LogP contribution in [0.2, 0.25) is 0 Å². The van der Waals surface area contributed by atoms with Crippen molar-refractivity contribution in [1.82, 2.24) is 5.32 Å². The quantitative estimate of drug-likeness (QED) is 0.860. The first-order valence-electron chi connectivity index (χ1n) is 6.24. The molecule has 1 aromatic carbocycles. The summed E-state index contributed by atoms with van der Waals surface area (Å²) in [5.41, 5.74) is 0.957. The lowest BCUT2D eigenvalue weighted by atomic mass is 10.1. The Hall–Kier alpha value is -1.89. The number of rotatable bonds is 4. The highest BCUT2D eigenvalue weighted by atomic mass is 32.2. The van der Waals surface area contributed by atoms with Crippen molar-refractivity contribution in [2.75, 3.05) is 30.0 Å². The molecule has 1 aliphatic heterocycles. The van der Waals surface area contributed by atoms with Crippen LogP contribution in [0, 0.1) is 0 Å². The lowest BCUT2D eigenvalue weighted by molar-refractivity contribution is -0.117. The molecule has 0 saturated carbocycles. The van der Waals surface area contributed by atoms with Crippen LogP contribution in [0.5, 0.6) is 0 Å². The molecule has 0 radical (unpaired) electrons. The van der Waals surface area contributed by atoms with E-state index in [9.17, 15) is 18.0 Å². The van der Waals surface area contributed by atoms with E-state index < -0.39 is 9.84 Å². The largest absolute Gasteiger partial charge is 0.343 e. The molecule has 7 heteroatoms. The number of fused-ring (bicyclic) bond motifs is 1. The summed E-state index contributed by atoms with van der Waals surface area (Å²) in [6.07, 6.45) is 1.50. The maximum Gasteiger partial charge on any atom is 0.253 e. The van der Waals surface area contributed by atoms with E-state index in [1.54, 1.807) is 24.3 Å². The molecule has 6 nitrogen and oxygen atoms in total. The van der Waals surface area contributed by atoms with Crippen LogP contribution in [0.15, 0.2) is 24.3 Å². The highest BCUT2D eigenvalue weighted by molar-refractivity contribution is 7.90. The molecule has 0 unspecified atom stereocenters. The number of nitrogens with zero attached hydrogens (tertiary/aromatic N) is 1. The third-order valence-corrected chi connectivity index (χ3v) is 4.07. The maximum absolute atomic E-state index is 12.0. The topological polar surface area (TPSA) is 83.6 Å². The third-order valence-electron chi connectivity index (χ3n) is 3.04. The first kappa shape index (κ1) is 14.5. The number of hydrogen-bond acceptors (Lipinski definition) is 4. The van der Waals surface area contributed by atoms with Crippen molar-refractivity contribution in [2.24, 2.45) is 0 Å². The van der Waals surface area contributed by atoms with Crippen molar-refractivity contribution < 1.29 is 18.0 Å². The van der Waals surface area contributed by atoms with Gasteiger partial charge >= 0.3 is 0 Å². The van der Waals surface area contributed by atoms with E-state index in [0.717, 1.165) is 6.26 Å². The SMILES string of the molecule is CS(=O)(=O)CCCN1C(=O)CNC(=O)c2ccccc21. The van der Waals surface area contributed by atoms with Crippen molar-refractivity contribution >= 4 is 27.3 Å². The van der Waals surface area contributed by atoms with Crippen LogP contribution >= 0.6 is 0 Å². The minimum Gasteiger partial charge on any atom is -0.343 e. The normalized spacial score (nSPS) is 15.6. The fraction of sp³-hybridized carbons (Fsp3) is 0.385. The van der Waals surface area contributed by atoms with Crippen LogP contribution in [-0.4, -0.2) is 45.3 Å². The fourth-order valence-corrected chi connectivity index (χ4v) is 2.77. The van der Waals surface area contributed by atoms with Gasteiger partial charge in [0, 0.05) is 12.8 Å². The summed E-state index contributed by atoms with van der Waals surface area (Å²) in [7, 11) is -3.06. The van der Waals surface area contributed by atoms with Crippen molar-refractivity contribution in [2.45, 2.75) is 6.42 Å². The zero-order chi connectivity index (χ0) is 14.8. The molecule has 0 spiro atoms. The molecule has 1 heterocycles. The van der Waals surface area contributed by atoms with Crippen LogP contribution in [0.1, 0.15) is 16.8 Å². The Morgan fingerprint density at radius 3 is 2.65 bits per heavy atom. The van der Waals surface area contributed by atoms with Gasteiger partial charge in [0.05, 0.1) is 23.5 Å². The molecule has 2 amide bonds. The molecule has 108 valence electrons. The van der Waals surface area contributed by atoms with Gasteiger partial charge in [0.2, 0.25) is 5.91 Å². The number of benzene rings is 1. The van der Waals surface area contributed by atoms with Crippen LogP contribution < -0.4 is 10.2 Å². The Morgan fingerprint density at radius 2 is 1.95 bits per heavy atom. The zero-order valence-corrected chi connectivity index (χ0v) is 11.9. The highest BCUT2D eigenvalue weighted by Crippen LogP contribution is 2.22. The summed E-state index contributed by atoms with van der Waals surface area (Å²) in [5.74, 6) is -0.517. The molecule has 0 bridgehead atoms. The third kappa shape index (κ3) is 3.36. The lowest BCUT2D eigenvalue weighted by Crippen LogP contribution is -2.37. The molecule has 2 rings (SSSR count). The zero-order valence-electron chi connectivity index (χ0n) is 11.1.